The molecule has 6 nitrogen and oxygen atoms in total. The summed E-state index contributed by atoms with van der Waals surface area (Å²) in [6, 6.07) is 6.13. The van der Waals surface area contributed by atoms with Crippen molar-refractivity contribution in [3.63, 3.8) is 0 Å². The Morgan fingerprint density at radius 1 is 1.24 bits per heavy atom. The van der Waals surface area contributed by atoms with Crippen LogP contribution in [0.2, 0.25) is 0 Å². The molecular formula is C12H13F3N2O4. The number of alkyl halides is 3. The quantitative estimate of drug-likeness (QED) is 0.583. The highest BCUT2D eigenvalue weighted by atomic mass is 19.4. The van der Waals surface area contributed by atoms with Crippen molar-refractivity contribution in [1.82, 2.24) is 5.32 Å². The average Bonchev–Trinajstić information content (AvgIpc) is 2.38. The first-order valence-electron chi connectivity index (χ1n) is 5.81. The van der Waals surface area contributed by atoms with E-state index in [2.05, 4.69) is 4.74 Å². The van der Waals surface area contributed by atoms with E-state index < -0.39 is 23.9 Å². The number of halogens is 3. The van der Waals surface area contributed by atoms with E-state index >= 15 is 0 Å². The molecule has 116 valence electrons. The number of carbonyl (C=O) groups is 2. The SMILES string of the molecule is CCOC(=O)[C@@](O)(NC(=O)Nc1ccccc1)C(F)(F)F. The Bertz CT molecular complexity index is 507. The number of ether oxygens (including phenoxy) is 1. The summed E-state index contributed by atoms with van der Waals surface area (Å²) in [6.07, 6.45) is -5.44. The Balaban J connectivity index is 2.87. The number of amides is 2. The van der Waals surface area contributed by atoms with Crippen LogP contribution in [0.1, 0.15) is 6.92 Å². The van der Waals surface area contributed by atoms with Gasteiger partial charge in [-0.15, -0.1) is 0 Å². The van der Waals surface area contributed by atoms with Crippen LogP contribution in [-0.4, -0.2) is 35.6 Å². The van der Waals surface area contributed by atoms with Crippen LogP contribution in [0.4, 0.5) is 23.7 Å². The number of carbonyl (C=O) groups excluding carboxylic acids is 2. The molecule has 0 aliphatic rings. The fraction of sp³-hybridized carbons (Fsp3) is 0.333. The Morgan fingerprint density at radius 2 is 1.81 bits per heavy atom. The van der Waals surface area contributed by atoms with Crippen molar-refractivity contribution >= 4 is 17.7 Å². The van der Waals surface area contributed by atoms with E-state index in [1.54, 1.807) is 6.07 Å². The smallest absolute Gasteiger partial charge is 0.448 e. The number of hydrogen-bond donors (Lipinski definition) is 3. The van der Waals surface area contributed by atoms with E-state index in [9.17, 15) is 27.9 Å². The van der Waals surface area contributed by atoms with Gasteiger partial charge in [-0.3, -0.25) is 5.32 Å². The van der Waals surface area contributed by atoms with Crippen LogP contribution in [0.25, 0.3) is 0 Å². The molecule has 0 spiro atoms. The molecule has 0 radical (unpaired) electrons. The molecule has 0 unspecified atom stereocenters. The second-order valence-corrected chi connectivity index (χ2v) is 3.87. The molecule has 0 aliphatic heterocycles. The number of anilines is 1. The molecule has 0 aliphatic carbocycles. The maximum atomic E-state index is 12.8. The third-order valence-electron chi connectivity index (χ3n) is 2.31. The highest BCUT2D eigenvalue weighted by Crippen LogP contribution is 2.29. The highest BCUT2D eigenvalue weighted by Gasteiger charge is 2.62. The topological polar surface area (TPSA) is 87.7 Å². The number of hydrogen-bond acceptors (Lipinski definition) is 4. The van der Waals surface area contributed by atoms with Crippen molar-refractivity contribution in [1.29, 1.82) is 0 Å². The summed E-state index contributed by atoms with van der Waals surface area (Å²) in [7, 11) is 0. The molecule has 9 heteroatoms. The largest absolute Gasteiger partial charge is 0.462 e. The van der Waals surface area contributed by atoms with E-state index in [0.29, 0.717) is 0 Å². The van der Waals surface area contributed by atoms with Gasteiger partial charge in [0.25, 0.3) is 0 Å². The van der Waals surface area contributed by atoms with Crippen LogP contribution in [0.15, 0.2) is 30.3 Å². The van der Waals surface area contributed by atoms with Crippen LogP contribution in [0.5, 0.6) is 0 Å². The van der Waals surface area contributed by atoms with Gasteiger partial charge in [-0.2, -0.15) is 13.2 Å². The zero-order chi connectivity index (χ0) is 16.1. The van der Waals surface area contributed by atoms with Crippen molar-refractivity contribution in [3.8, 4) is 0 Å². The van der Waals surface area contributed by atoms with Crippen LogP contribution >= 0.6 is 0 Å². The number of esters is 1. The van der Waals surface area contributed by atoms with Crippen molar-refractivity contribution in [2.75, 3.05) is 11.9 Å². The zero-order valence-corrected chi connectivity index (χ0v) is 10.9. The van der Waals surface area contributed by atoms with E-state index in [4.69, 9.17) is 0 Å². The van der Waals surface area contributed by atoms with Gasteiger partial charge in [-0.25, -0.2) is 9.59 Å². The fourth-order valence-corrected chi connectivity index (χ4v) is 1.32. The lowest BCUT2D eigenvalue weighted by molar-refractivity contribution is -0.268. The van der Waals surface area contributed by atoms with Gasteiger partial charge in [0.2, 0.25) is 0 Å². The third kappa shape index (κ3) is 4.09. The fourth-order valence-electron chi connectivity index (χ4n) is 1.32. The Labute approximate surface area is 117 Å². The Hall–Kier alpha value is -2.29. The molecule has 1 atom stereocenters. The first-order valence-corrected chi connectivity index (χ1v) is 5.81. The summed E-state index contributed by atoms with van der Waals surface area (Å²) in [5, 5.41) is 12.6. The summed E-state index contributed by atoms with van der Waals surface area (Å²) in [5.41, 5.74) is -3.94. The third-order valence-corrected chi connectivity index (χ3v) is 2.31. The van der Waals surface area contributed by atoms with Gasteiger partial charge >= 0.3 is 23.9 Å². The number of urea groups is 1. The lowest BCUT2D eigenvalue weighted by Crippen LogP contribution is -2.65. The van der Waals surface area contributed by atoms with Crippen molar-refractivity contribution in [3.05, 3.63) is 30.3 Å². The molecule has 1 rings (SSSR count). The summed E-state index contributed by atoms with van der Waals surface area (Å²) in [6.45, 7) is 0.873. The van der Waals surface area contributed by atoms with Gasteiger partial charge in [0.1, 0.15) is 0 Å². The molecule has 21 heavy (non-hydrogen) atoms. The minimum absolute atomic E-state index is 0.184. The number of benzene rings is 1. The van der Waals surface area contributed by atoms with Crippen molar-refractivity contribution < 1.29 is 32.6 Å². The lowest BCUT2D eigenvalue weighted by Gasteiger charge is -2.28. The molecule has 3 N–H and O–H groups in total. The summed E-state index contributed by atoms with van der Waals surface area (Å²) >= 11 is 0. The minimum atomic E-state index is -5.44. The van der Waals surface area contributed by atoms with Crippen LogP contribution in [0, 0.1) is 0 Å². The van der Waals surface area contributed by atoms with Gasteiger partial charge in [0, 0.05) is 5.69 Å². The molecule has 0 heterocycles. The van der Waals surface area contributed by atoms with Crippen LogP contribution < -0.4 is 10.6 Å². The number of aliphatic hydroxyl groups is 1. The summed E-state index contributed by atoms with van der Waals surface area (Å²) in [4.78, 5) is 22.8. The molecule has 0 saturated carbocycles. The molecule has 1 aromatic carbocycles. The van der Waals surface area contributed by atoms with Crippen LogP contribution in [0.3, 0.4) is 0 Å². The summed E-state index contributed by atoms with van der Waals surface area (Å²) in [5.74, 6) is -2.01. The molecule has 0 bridgehead atoms. The van der Waals surface area contributed by atoms with E-state index in [-0.39, 0.29) is 12.3 Å². The number of nitrogens with one attached hydrogen (secondary N) is 2. The first kappa shape index (κ1) is 16.8. The normalized spacial score (nSPS) is 14.0. The first-order chi connectivity index (χ1) is 9.70. The molecule has 2 amide bonds. The van der Waals surface area contributed by atoms with E-state index in [0.717, 1.165) is 0 Å². The second-order valence-electron chi connectivity index (χ2n) is 3.87. The Kier molecular flexibility index (Phi) is 5.14. The van der Waals surface area contributed by atoms with E-state index in [1.807, 2.05) is 5.32 Å². The van der Waals surface area contributed by atoms with Crippen LogP contribution in [-0.2, 0) is 9.53 Å². The summed E-state index contributed by atoms with van der Waals surface area (Å²) < 4.78 is 42.5. The van der Waals surface area contributed by atoms with Gasteiger partial charge in [0.05, 0.1) is 6.61 Å². The molecule has 0 fully saturated rings. The predicted octanol–water partition coefficient (Wildman–Crippen LogP) is 1.62. The standard InChI is InChI=1S/C12H13F3N2O4/c1-2-21-9(18)11(20,12(13,14)15)17-10(19)16-8-6-4-3-5-7-8/h3-7,20H,2H2,1H3,(H2,16,17,19)/t11-/m0/s1. The molecule has 0 aromatic heterocycles. The highest BCUT2D eigenvalue weighted by molar-refractivity contribution is 5.93. The predicted molar refractivity (Wildman–Crippen MR) is 66.2 cm³/mol. The minimum Gasteiger partial charge on any atom is -0.462 e. The number of rotatable bonds is 4. The average molecular weight is 306 g/mol. The van der Waals surface area contributed by atoms with Gasteiger partial charge < -0.3 is 15.2 Å². The monoisotopic (exact) mass is 306 g/mol. The van der Waals surface area contributed by atoms with Gasteiger partial charge in [0.15, 0.2) is 0 Å². The van der Waals surface area contributed by atoms with Crippen molar-refractivity contribution in [2.24, 2.45) is 0 Å². The maximum absolute atomic E-state index is 12.8. The molecule has 0 saturated heterocycles. The van der Waals surface area contributed by atoms with E-state index in [1.165, 1.54) is 36.5 Å². The van der Waals surface area contributed by atoms with Crippen molar-refractivity contribution in [2.45, 2.75) is 18.8 Å². The van der Waals surface area contributed by atoms with Gasteiger partial charge in [-0.1, -0.05) is 18.2 Å². The molecular weight excluding hydrogens is 293 g/mol. The second kappa shape index (κ2) is 6.44. The number of para-hydroxylation sites is 1. The lowest BCUT2D eigenvalue weighted by atomic mass is 10.2. The molecule has 1 aromatic rings. The maximum Gasteiger partial charge on any atom is 0.448 e. The Morgan fingerprint density at radius 3 is 2.29 bits per heavy atom. The zero-order valence-electron chi connectivity index (χ0n) is 10.9. The van der Waals surface area contributed by atoms with Gasteiger partial charge in [-0.05, 0) is 19.1 Å².